The van der Waals surface area contributed by atoms with E-state index in [1.165, 1.54) is 16.8 Å². The van der Waals surface area contributed by atoms with Gasteiger partial charge in [-0.05, 0) is 42.0 Å². The van der Waals surface area contributed by atoms with Crippen LogP contribution in [0.15, 0.2) is 61.1 Å². The molecule has 0 aliphatic heterocycles. The molecular weight excluding hydrogens is 312 g/mol. The number of anilines is 2. The van der Waals surface area contributed by atoms with Crippen LogP contribution in [0.3, 0.4) is 0 Å². The van der Waals surface area contributed by atoms with Crippen LogP contribution in [0.1, 0.15) is 0 Å². The second kappa shape index (κ2) is 5.69. The van der Waals surface area contributed by atoms with Gasteiger partial charge in [0.25, 0.3) is 0 Å². The summed E-state index contributed by atoms with van der Waals surface area (Å²) in [6.07, 6.45) is 4.98. The Morgan fingerprint density at radius 3 is 2.58 bits per heavy atom. The summed E-state index contributed by atoms with van der Waals surface area (Å²) in [5.41, 5.74) is 2.90. The summed E-state index contributed by atoms with van der Waals surface area (Å²) in [4.78, 5) is 4.19. The van der Waals surface area contributed by atoms with Gasteiger partial charge >= 0.3 is 0 Å². The van der Waals surface area contributed by atoms with Crippen LogP contribution < -0.4 is 5.32 Å². The van der Waals surface area contributed by atoms with Gasteiger partial charge in [0.05, 0.1) is 11.7 Å². The molecule has 4 aromatic rings. The number of pyridine rings is 1. The van der Waals surface area contributed by atoms with Crippen molar-refractivity contribution in [3.63, 3.8) is 0 Å². The van der Waals surface area contributed by atoms with E-state index in [4.69, 9.17) is 0 Å². The molecule has 0 aliphatic carbocycles. The van der Waals surface area contributed by atoms with Gasteiger partial charge in [0, 0.05) is 29.7 Å². The summed E-state index contributed by atoms with van der Waals surface area (Å²) in [6.45, 7) is 0. The lowest BCUT2D eigenvalue weighted by Gasteiger charge is -2.07. The molecule has 0 radical (unpaired) electrons. The number of hydrogen-bond donors (Lipinski definition) is 1. The van der Waals surface area contributed by atoms with E-state index in [0.29, 0.717) is 11.5 Å². The molecule has 1 N–H and O–H groups in total. The Kier molecular flexibility index (Phi) is 3.38. The number of fused-ring (bicyclic) bond motifs is 1. The van der Waals surface area contributed by atoms with E-state index >= 15 is 0 Å². The van der Waals surface area contributed by atoms with Gasteiger partial charge in [0.2, 0.25) is 0 Å². The maximum Gasteiger partial charge on any atom is 0.130 e. The van der Waals surface area contributed by atoms with E-state index < -0.39 is 11.6 Å². The number of benzene rings is 1. The average Bonchev–Trinajstić information content (AvgIpc) is 2.98. The molecule has 7 heteroatoms. The van der Waals surface area contributed by atoms with E-state index in [2.05, 4.69) is 20.5 Å². The molecule has 118 valence electrons. The zero-order valence-electron chi connectivity index (χ0n) is 12.3. The van der Waals surface area contributed by atoms with E-state index in [1.807, 2.05) is 18.2 Å². The highest BCUT2D eigenvalue weighted by molar-refractivity contribution is 5.80. The monoisotopic (exact) mass is 323 g/mol. The second-order valence-electron chi connectivity index (χ2n) is 5.17. The van der Waals surface area contributed by atoms with Gasteiger partial charge in [-0.3, -0.25) is 0 Å². The first-order valence-electron chi connectivity index (χ1n) is 7.18. The number of halogens is 2. The predicted octanol–water partition coefficient (Wildman–Crippen LogP) is 3.81. The zero-order valence-corrected chi connectivity index (χ0v) is 12.3. The normalized spacial score (nSPS) is 10.9. The minimum atomic E-state index is -0.651. The fraction of sp³-hybridized carbons (Fsp3) is 0. The van der Waals surface area contributed by atoms with E-state index in [0.717, 1.165) is 22.7 Å². The van der Waals surface area contributed by atoms with Crippen molar-refractivity contribution in [2.75, 3.05) is 5.32 Å². The van der Waals surface area contributed by atoms with E-state index in [1.54, 1.807) is 24.7 Å². The third-order valence-corrected chi connectivity index (χ3v) is 3.51. The smallest absolute Gasteiger partial charge is 0.130 e. The first-order valence-corrected chi connectivity index (χ1v) is 7.18. The molecule has 0 saturated heterocycles. The van der Waals surface area contributed by atoms with Crippen molar-refractivity contribution in [1.29, 1.82) is 0 Å². The van der Waals surface area contributed by atoms with Gasteiger partial charge < -0.3 is 5.32 Å². The molecule has 3 aromatic heterocycles. The fourth-order valence-corrected chi connectivity index (χ4v) is 2.50. The summed E-state index contributed by atoms with van der Waals surface area (Å²) in [5, 5.41) is 11.2. The highest BCUT2D eigenvalue weighted by atomic mass is 19.1. The van der Waals surface area contributed by atoms with Gasteiger partial charge in [-0.25, -0.2) is 13.8 Å². The molecule has 0 spiro atoms. The Morgan fingerprint density at radius 1 is 0.917 bits per heavy atom. The Hall–Kier alpha value is -3.35. The minimum absolute atomic E-state index is 0.290. The summed E-state index contributed by atoms with van der Waals surface area (Å²) in [5.74, 6) is -0.828. The minimum Gasteiger partial charge on any atom is -0.340 e. The lowest BCUT2D eigenvalue weighted by molar-refractivity contribution is 0.584. The first-order chi connectivity index (χ1) is 11.7. The molecular formula is C17H11F2N5. The maximum atomic E-state index is 13.3. The molecule has 0 saturated carbocycles. The number of rotatable bonds is 3. The maximum absolute atomic E-state index is 13.3. The van der Waals surface area contributed by atoms with Crippen LogP contribution in [0.25, 0.3) is 16.6 Å². The van der Waals surface area contributed by atoms with Crippen LogP contribution in [-0.4, -0.2) is 19.8 Å². The highest BCUT2D eigenvalue weighted by Crippen LogP contribution is 2.26. The lowest BCUT2D eigenvalue weighted by atomic mass is 10.1. The Balaban J connectivity index is 1.71. The molecule has 1 aromatic carbocycles. The molecule has 0 aliphatic rings. The van der Waals surface area contributed by atoms with Crippen molar-refractivity contribution in [2.45, 2.75) is 0 Å². The van der Waals surface area contributed by atoms with Crippen LogP contribution in [0, 0.1) is 11.6 Å². The molecule has 3 heterocycles. The quantitative estimate of drug-likeness (QED) is 0.623. The van der Waals surface area contributed by atoms with E-state index in [9.17, 15) is 8.78 Å². The third kappa shape index (κ3) is 2.67. The molecule has 4 rings (SSSR count). The Morgan fingerprint density at radius 2 is 1.75 bits per heavy atom. The Labute approximate surface area is 135 Å². The predicted molar refractivity (Wildman–Crippen MR) is 85.9 cm³/mol. The summed E-state index contributed by atoms with van der Waals surface area (Å²) in [7, 11) is 0. The molecule has 5 nitrogen and oxygen atoms in total. The second-order valence-corrected chi connectivity index (χ2v) is 5.17. The highest BCUT2D eigenvalue weighted by Gasteiger charge is 2.08. The number of nitrogens with one attached hydrogen (secondary N) is 1. The van der Waals surface area contributed by atoms with Crippen molar-refractivity contribution in [2.24, 2.45) is 0 Å². The first kappa shape index (κ1) is 14.3. The molecule has 0 fully saturated rings. The molecule has 0 atom stereocenters. The zero-order chi connectivity index (χ0) is 16.5. The molecule has 0 amide bonds. The summed E-state index contributed by atoms with van der Waals surface area (Å²) < 4.78 is 28.1. The van der Waals surface area contributed by atoms with Crippen molar-refractivity contribution < 1.29 is 8.78 Å². The number of hydrogen-bond acceptors (Lipinski definition) is 4. The van der Waals surface area contributed by atoms with Gasteiger partial charge in [0.1, 0.15) is 17.5 Å². The van der Waals surface area contributed by atoms with Gasteiger partial charge in [-0.15, -0.1) is 0 Å². The lowest BCUT2D eigenvalue weighted by Crippen LogP contribution is -1.95. The van der Waals surface area contributed by atoms with Crippen molar-refractivity contribution >= 4 is 17.0 Å². The number of nitrogens with zero attached hydrogens (tertiary/aromatic N) is 4. The van der Waals surface area contributed by atoms with Crippen molar-refractivity contribution in [3.8, 4) is 11.1 Å². The summed E-state index contributed by atoms with van der Waals surface area (Å²) >= 11 is 0. The van der Waals surface area contributed by atoms with Gasteiger partial charge in [-0.1, -0.05) is 0 Å². The van der Waals surface area contributed by atoms with Crippen LogP contribution in [0.5, 0.6) is 0 Å². The topological polar surface area (TPSA) is 55.1 Å². The van der Waals surface area contributed by atoms with Crippen molar-refractivity contribution in [3.05, 3.63) is 72.7 Å². The molecule has 24 heavy (non-hydrogen) atoms. The fourth-order valence-electron chi connectivity index (χ4n) is 2.50. The standard InChI is InChI=1S/C17H11F2N5/c18-12-7-13(19)9-14(8-12)23-17-6-11(3-5-20-17)15-10-22-24-16(15)2-1-4-21-24/h1-10H,(H,20,23). The average molecular weight is 323 g/mol. The van der Waals surface area contributed by atoms with Gasteiger partial charge in [-0.2, -0.15) is 14.8 Å². The third-order valence-electron chi connectivity index (χ3n) is 3.51. The SMILES string of the molecule is Fc1cc(F)cc(Nc2cc(-c3cnn4ncccc34)ccn2)c1. The van der Waals surface area contributed by atoms with Crippen LogP contribution >= 0.6 is 0 Å². The van der Waals surface area contributed by atoms with Crippen LogP contribution in [0.4, 0.5) is 20.3 Å². The number of aromatic nitrogens is 4. The molecule has 0 bridgehead atoms. The largest absolute Gasteiger partial charge is 0.340 e. The van der Waals surface area contributed by atoms with Crippen LogP contribution in [0.2, 0.25) is 0 Å². The molecule has 0 unspecified atom stereocenters. The van der Waals surface area contributed by atoms with E-state index in [-0.39, 0.29) is 0 Å². The van der Waals surface area contributed by atoms with Crippen molar-refractivity contribution in [1.82, 2.24) is 19.8 Å². The van der Waals surface area contributed by atoms with Gasteiger partial charge in [0.15, 0.2) is 0 Å². The Bertz CT molecular complexity index is 1010. The van der Waals surface area contributed by atoms with Crippen LogP contribution in [-0.2, 0) is 0 Å². The summed E-state index contributed by atoms with van der Waals surface area (Å²) in [6, 6.07) is 10.6.